The molecular formula is C12H28N2Si. The molecule has 1 heterocycles. The summed E-state index contributed by atoms with van der Waals surface area (Å²) in [7, 11) is -1.59. The van der Waals surface area contributed by atoms with Crippen molar-refractivity contribution in [2.45, 2.75) is 64.5 Å². The molecule has 0 aliphatic carbocycles. The van der Waals surface area contributed by atoms with Crippen molar-refractivity contribution in [3.63, 3.8) is 0 Å². The van der Waals surface area contributed by atoms with E-state index in [2.05, 4.69) is 51.5 Å². The largest absolute Gasteiger partial charge is 0.325 e. The van der Waals surface area contributed by atoms with E-state index in [1.807, 2.05) is 0 Å². The van der Waals surface area contributed by atoms with Crippen LogP contribution >= 0.6 is 0 Å². The van der Waals surface area contributed by atoms with Gasteiger partial charge in [-0.25, -0.2) is 0 Å². The van der Waals surface area contributed by atoms with Crippen LogP contribution in [0.4, 0.5) is 0 Å². The molecule has 1 saturated heterocycles. The zero-order valence-corrected chi connectivity index (χ0v) is 12.3. The summed E-state index contributed by atoms with van der Waals surface area (Å²) in [5.41, 5.74) is 0. The molecule has 0 aromatic carbocycles. The first-order chi connectivity index (χ1) is 6.83. The smallest absolute Gasteiger partial charge is 0.212 e. The van der Waals surface area contributed by atoms with Crippen LogP contribution in [-0.4, -0.2) is 21.5 Å². The zero-order valence-electron chi connectivity index (χ0n) is 11.3. The van der Waals surface area contributed by atoms with E-state index in [-0.39, 0.29) is 0 Å². The van der Waals surface area contributed by atoms with Crippen LogP contribution in [0.5, 0.6) is 0 Å². The van der Waals surface area contributed by atoms with Gasteiger partial charge in [0.05, 0.1) is 0 Å². The lowest BCUT2D eigenvalue weighted by Crippen LogP contribution is -2.71. The van der Waals surface area contributed by atoms with Gasteiger partial charge in [0.1, 0.15) is 0 Å². The van der Waals surface area contributed by atoms with Gasteiger partial charge in [0.15, 0.2) is 0 Å². The second-order valence-electron chi connectivity index (χ2n) is 6.08. The topological polar surface area (TPSA) is 24.1 Å². The second-order valence-corrected chi connectivity index (χ2v) is 11.0. The Balaban J connectivity index is 3.08. The molecule has 2 N–H and O–H groups in total. The minimum atomic E-state index is -1.59. The van der Waals surface area contributed by atoms with Crippen molar-refractivity contribution in [2.75, 3.05) is 13.1 Å². The maximum Gasteiger partial charge on any atom is 0.212 e. The normalized spacial score (nSPS) is 26.8. The van der Waals surface area contributed by atoms with Crippen LogP contribution in [0.25, 0.3) is 0 Å². The van der Waals surface area contributed by atoms with Crippen LogP contribution < -0.4 is 9.96 Å². The Bertz CT molecular complexity index is 200. The number of nitrogens with one attached hydrogen (secondary N) is 2. The number of hydrogen-bond donors (Lipinski definition) is 2. The third kappa shape index (κ3) is 1.90. The fourth-order valence-electron chi connectivity index (χ4n) is 3.47. The first kappa shape index (κ1) is 13.2. The molecule has 0 bridgehead atoms. The first-order valence-corrected chi connectivity index (χ1v) is 8.33. The Kier molecular flexibility index (Phi) is 3.69. The van der Waals surface area contributed by atoms with Crippen molar-refractivity contribution >= 4 is 8.40 Å². The summed E-state index contributed by atoms with van der Waals surface area (Å²) in [6.45, 7) is 16.4. The quantitative estimate of drug-likeness (QED) is 0.723. The van der Waals surface area contributed by atoms with Gasteiger partial charge in [-0.2, -0.15) is 0 Å². The van der Waals surface area contributed by atoms with Gasteiger partial charge in [0.25, 0.3) is 0 Å². The fourth-order valence-corrected chi connectivity index (χ4v) is 9.40. The van der Waals surface area contributed by atoms with Gasteiger partial charge in [-0.05, 0) is 36.0 Å². The Morgan fingerprint density at radius 1 is 0.867 bits per heavy atom. The Labute approximate surface area is 96.4 Å². The maximum absolute atomic E-state index is 3.87. The molecule has 0 atom stereocenters. The molecule has 1 rings (SSSR count). The zero-order chi connectivity index (χ0) is 11.7. The second kappa shape index (κ2) is 4.19. The van der Waals surface area contributed by atoms with Crippen molar-refractivity contribution in [1.29, 1.82) is 0 Å². The summed E-state index contributed by atoms with van der Waals surface area (Å²) < 4.78 is 0. The van der Waals surface area contributed by atoms with Crippen molar-refractivity contribution in [1.82, 2.24) is 9.96 Å². The predicted molar refractivity (Wildman–Crippen MR) is 70.4 cm³/mol. The van der Waals surface area contributed by atoms with Crippen LogP contribution in [-0.2, 0) is 0 Å². The number of rotatable bonds is 4. The van der Waals surface area contributed by atoms with Gasteiger partial charge in [0.2, 0.25) is 8.40 Å². The van der Waals surface area contributed by atoms with E-state index in [1.54, 1.807) is 0 Å². The highest BCUT2D eigenvalue weighted by molar-refractivity contribution is 6.81. The van der Waals surface area contributed by atoms with Crippen LogP contribution in [0.15, 0.2) is 0 Å². The molecule has 90 valence electrons. The molecule has 0 spiro atoms. The van der Waals surface area contributed by atoms with E-state index in [0.717, 1.165) is 13.1 Å². The molecule has 0 unspecified atom stereocenters. The lowest BCUT2D eigenvalue weighted by Gasteiger charge is -2.48. The highest BCUT2D eigenvalue weighted by atomic mass is 28.4. The summed E-state index contributed by atoms with van der Waals surface area (Å²) in [5.74, 6) is 0. The molecule has 0 aromatic heterocycles. The standard InChI is InChI=1S/C12H28N2Si/c1-7-13-15(14-8-2)11(3,4)9-10-12(15,5)6/h13-14H,7-10H2,1-6H3. The number of hydrogen-bond acceptors (Lipinski definition) is 2. The average molecular weight is 228 g/mol. The van der Waals surface area contributed by atoms with Crippen molar-refractivity contribution in [3.05, 3.63) is 0 Å². The highest BCUT2D eigenvalue weighted by Gasteiger charge is 2.61. The Morgan fingerprint density at radius 3 is 1.47 bits per heavy atom. The average Bonchev–Trinajstić information content (AvgIpc) is 2.29. The highest BCUT2D eigenvalue weighted by Crippen LogP contribution is 2.60. The Hall–Kier alpha value is 0.137. The molecule has 0 radical (unpaired) electrons. The molecule has 3 heteroatoms. The van der Waals surface area contributed by atoms with E-state index < -0.39 is 8.40 Å². The lowest BCUT2D eigenvalue weighted by molar-refractivity contribution is 0.577. The molecule has 0 aromatic rings. The first-order valence-electron chi connectivity index (χ1n) is 6.33. The van der Waals surface area contributed by atoms with Gasteiger partial charge in [-0.1, -0.05) is 41.5 Å². The SMILES string of the molecule is CCN[Si]1(NCC)C(C)(C)CCC1(C)C. The lowest BCUT2D eigenvalue weighted by atomic mass is 10.0. The molecule has 1 aliphatic heterocycles. The van der Waals surface area contributed by atoms with Gasteiger partial charge >= 0.3 is 0 Å². The van der Waals surface area contributed by atoms with E-state index >= 15 is 0 Å². The van der Waals surface area contributed by atoms with E-state index in [9.17, 15) is 0 Å². The van der Waals surface area contributed by atoms with Crippen molar-refractivity contribution in [2.24, 2.45) is 0 Å². The predicted octanol–water partition coefficient (Wildman–Crippen LogP) is 3.00. The summed E-state index contributed by atoms with van der Waals surface area (Å²) >= 11 is 0. The van der Waals surface area contributed by atoms with Gasteiger partial charge < -0.3 is 9.96 Å². The van der Waals surface area contributed by atoms with E-state index in [1.165, 1.54) is 12.8 Å². The van der Waals surface area contributed by atoms with Gasteiger partial charge in [-0.3, -0.25) is 0 Å². The minimum absolute atomic E-state index is 0.461. The van der Waals surface area contributed by atoms with Crippen molar-refractivity contribution < 1.29 is 0 Å². The molecule has 2 nitrogen and oxygen atoms in total. The monoisotopic (exact) mass is 228 g/mol. The van der Waals surface area contributed by atoms with Crippen LogP contribution in [0, 0.1) is 0 Å². The van der Waals surface area contributed by atoms with Crippen LogP contribution in [0.2, 0.25) is 10.1 Å². The van der Waals surface area contributed by atoms with Gasteiger partial charge in [-0.15, -0.1) is 0 Å². The third-order valence-electron chi connectivity index (χ3n) is 4.29. The fraction of sp³-hybridized carbons (Fsp3) is 1.00. The third-order valence-corrected chi connectivity index (χ3v) is 10.6. The summed E-state index contributed by atoms with van der Waals surface area (Å²) in [6, 6.07) is 0. The van der Waals surface area contributed by atoms with E-state index in [0.29, 0.717) is 10.1 Å². The van der Waals surface area contributed by atoms with E-state index in [4.69, 9.17) is 0 Å². The summed E-state index contributed by atoms with van der Waals surface area (Å²) in [5, 5.41) is 0.922. The minimum Gasteiger partial charge on any atom is -0.325 e. The summed E-state index contributed by atoms with van der Waals surface area (Å²) in [6.07, 6.45) is 2.71. The molecule has 0 amide bonds. The van der Waals surface area contributed by atoms with Crippen LogP contribution in [0.1, 0.15) is 54.4 Å². The Morgan fingerprint density at radius 2 is 1.20 bits per heavy atom. The van der Waals surface area contributed by atoms with Crippen LogP contribution in [0.3, 0.4) is 0 Å². The molecular weight excluding hydrogens is 200 g/mol. The molecule has 15 heavy (non-hydrogen) atoms. The molecule has 0 saturated carbocycles. The molecule has 1 aliphatic rings. The van der Waals surface area contributed by atoms with Gasteiger partial charge in [0, 0.05) is 0 Å². The maximum atomic E-state index is 3.87. The van der Waals surface area contributed by atoms with Crippen molar-refractivity contribution in [3.8, 4) is 0 Å². The molecule has 1 fully saturated rings. The summed E-state index contributed by atoms with van der Waals surface area (Å²) in [4.78, 5) is 7.73.